The molecule has 9 nitrogen and oxygen atoms in total. The maximum absolute atomic E-state index is 14.2. The fraction of sp³-hybridized carbons (Fsp3) is 0.355. The Labute approximate surface area is 252 Å². The van der Waals surface area contributed by atoms with Gasteiger partial charge in [-0.3, -0.25) is 13.9 Å². The van der Waals surface area contributed by atoms with Gasteiger partial charge in [-0.05, 0) is 61.7 Å². The minimum absolute atomic E-state index is 0.000973. The van der Waals surface area contributed by atoms with E-state index in [-0.39, 0.29) is 34.8 Å². The van der Waals surface area contributed by atoms with E-state index in [1.165, 1.54) is 37.3 Å². The molecular formula is C31H36ClN3O6S. The van der Waals surface area contributed by atoms with E-state index < -0.39 is 28.5 Å². The second-order valence-corrected chi connectivity index (χ2v) is 12.5. The molecule has 1 atom stereocenters. The lowest BCUT2D eigenvalue weighted by atomic mass is 10.1. The van der Waals surface area contributed by atoms with Crippen molar-refractivity contribution in [1.29, 1.82) is 0 Å². The number of carbonyl (C=O) groups is 2. The molecule has 1 saturated carbocycles. The quantitative estimate of drug-likeness (QED) is 0.307. The number of rotatable bonds is 12. The molecule has 0 aromatic heterocycles. The molecule has 3 aromatic rings. The first-order chi connectivity index (χ1) is 20.1. The molecule has 0 radical (unpaired) electrons. The molecule has 0 aliphatic heterocycles. The standard InChI is InChI=1S/C31H36ClN3O6S/c1-22(31(37)33-25-9-7-8-10-25)34(20-23-13-15-24(32)16-14-23)30(36)21-35(42(38,39)27-11-5-4-6-12-27)28-19-26(40-2)17-18-29(28)41-3/h4-6,11-19,22,25H,7-10,20-21H2,1-3H3,(H,33,37). The molecule has 1 N–H and O–H groups in total. The SMILES string of the molecule is COc1ccc(OC)c(N(CC(=O)N(Cc2ccc(Cl)cc2)C(C)C(=O)NC2CCCC2)S(=O)(=O)c2ccccc2)c1. The van der Waals surface area contributed by atoms with Crippen molar-refractivity contribution in [3.63, 3.8) is 0 Å². The van der Waals surface area contributed by atoms with Gasteiger partial charge in [0, 0.05) is 23.7 Å². The number of halogens is 1. The number of hydrogen-bond acceptors (Lipinski definition) is 6. The monoisotopic (exact) mass is 613 g/mol. The zero-order valence-corrected chi connectivity index (χ0v) is 25.5. The Bertz CT molecular complexity index is 1480. The van der Waals surface area contributed by atoms with Crippen LogP contribution in [0.5, 0.6) is 11.5 Å². The van der Waals surface area contributed by atoms with Gasteiger partial charge in [-0.1, -0.05) is 54.8 Å². The normalized spacial score (nSPS) is 14.2. The van der Waals surface area contributed by atoms with E-state index in [0.29, 0.717) is 10.8 Å². The average molecular weight is 614 g/mol. The summed E-state index contributed by atoms with van der Waals surface area (Å²) < 4.78 is 40.0. The van der Waals surface area contributed by atoms with Crippen LogP contribution < -0.4 is 19.1 Å². The number of anilines is 1. The number of methoxy groups -OCH3 is 2. The van der Waals surface area contributed by atoms with Gasteiger partial charge in [-0.2, -0.15) is 0 Å². The Morgan fingerprint density at radius 2 is 1.64 bits per heavy atom. The Kier molecular flexibility index (Phi) is 10.3. The van der Waals surface area contributed by atoms with Crippen molar-refractivity contribution in [3.8, 4) is 11.5 Å². The van der Waals surface area contributed by atoms with E-state index in [2.05, 4.69) is 5.32 Å². The summed E-state index contributed by atoms with van der Waals surface area (Å²) >= 11 is 6.08. The molecule has 1 aliphatic rings. The number of hydrogen-bond donors (Lipinski definition) is 1. The predicted octanol–water partition coefficient (Wildman–Crippen LogP) is 5.03. The number of nitrogens with zero attached hydrogens (tertiary/aromatic N) is 2. The second kappa shape index (κ2) is 13.9. The van der Waals surface area contributed by atoms with Crippen LogP contribution >= 0.6 is 11.6 Å². The zero-order chi connectivity index (χ0) is 30.3. The molecule has 42 heavy (non-hydrogen) atoms. The molecule has 0 spiro atoms. The molecule has 1 unspecified atom stereocenters. The molecule has 1 aliphatic carbocycles. The van der Waals surface area contributed by atoms with Crippen LogP contribution in [-0.4, -0.2) is 58.0 Å². The Morgan fingerprint density at radius 1 is 0.976 bits per heavy atom. The largest absolute Gasteiger partial charge is 0.497 e. The van der Waals surface area contributed by atoms with Crippen LogP contribution in [0.3, 0.4) is 0 Å². The summed E-state index contributed by atoms with van der Waals surface area (Å²) in [5.74, 6) is -0.239. The molecule has 11 heteroatoms. The van der Waals surface area contributed by atoms with Gasteiger partial charge in [0.2, 0.25) is 11.8 Å². The molecule has 4 rings (SSSR count). The Hall–Kier alpha value is -3.76. The summed E-state index contributed by atoms with van der Waals surface area (Å²) in [5.41, 5.74) is 0.869. The van der Waals surface area contributed by atoms with Crippen LogP contribution in [0.15, 0.2) is 77.7 Å². The van der Waals surface area contributed by atoms with Gasteiger partial charge in [-0.25, -0.2) is 8.42 Å². The minimum Gasteiger partial charge on any atom is -0.497 e. The highest BCUT2D eigenvalue weighted by atomic mass is 35.5. The van der Waals surface area contributed by atoms with Crippen molar-refractivity contribution >= 4 is 39.1 Å². The van der Waals surface area contributed by atoms with E-state index in [0.717, 1.165) is 35.6 Å². The molecule has 0 saturated heterocycles. The summed E-state index contributed by atoms with van der Waals surface area (Å²) in [5, 5.41) is 3.60. The second-order valence-electron chi connectivity index (χ2n) is 10.2. The first-order valence-corrected chi connectivity index (χ1v) is 15.6. The van der Waals surface area contributed by atoms with Gasteiger partial charge in [0.05, 0.1) is 24.8 Å². The number of benzene rings is 3. The summed E-state index contributed by atoms with van der Waals surface area (Å²) in [4.78, 5) is 28.9. The maximum Gasteiger partial charge on any atom is 0.264 e. The van der Waals surface area contributed by atoms with Gasteiger partial charge < -0.3 is 19.7 Å². The lowest BCUT2D eigenvalue weighted by Crippen LogP contribution is -2.52. The number of nitrogens with one attached hydrogen (secondary N) is 1. The van der Waals surface area contributed by atoms with E-state index in [4.69, 9.17) is 21.1 Å². The van der Waals surface area contributed by atoms with E-state index in [1.54, 1.807) is 61.5 Å². The van der Waals surface area contributed by atoms with Gasteiger partial charge in [0.15, 0.2) is 0 Å². The molecule has 3 aromatic carbocycles. The lowest BCUT2D eigenvalue weighted by Gasteiger charge is -2.33. The molecule has 224 valence electrons. The van der Waals surface area contributed by atoms with Crippen molar-refractivity contribution in [2.24, 2.45) is 0 Å². The van der Waals surface area contributed by atoms with E-state index >= 15 is 0 Å². The van der Waals surface area contributed by atoms with Crippen molar-refractivity contribution in [1.82, 2.24) is 10.2 Å². The highest BCUT2D eigenvalue weighted by Gasteiger charge is 2.34. The number of sulfonamides is 1. The van der Waals surface area contributed by atoms with Crippen molar-refractivity contribution in [2.75, 3.05) is 25.1 Å². The summed E-state index contributed by atoms with van der Waals surface area (Å²) in [6.45, 7) is 1.14. The van der Waals surface area contributed by atoms with Crippen LogP contribution in [0.4, 0.5) is 5.69 Å². The van der Waals surface area contributed by atoms with Crippen molar-refractivity contribution < 1.29 is 27.5 Å². The summed E-state index contributed by atoms with van der Waals surface area (Å²) in [7, 11) is -1.37. The third-order valence-electron chi connectivity index (χ3n) is 7.40. The first kappa shape index (κ1) is 31.2. The fourth-order valence-corrected chi connectivity index (χ4v) is 6.55. The topological polar surface area (TPSA) is 105 Å². The van der Waals surface area contributed by atoms with Gasteiger partial charge in [0.25, 0.3) is 10.0 Å². The van der Waals surface area contributed by atoms with E-state index in [9.17, 15) is 18.0 Å². The van der Waals surface area contributed by atoms with Crippen LogP contribution in [0, 0.1) is 0 Å². The average Bonchev–Trinajstić information content (AvgIpc) is 3.52. The van der Waals surface area contributed by atoms with Gasteiger partial charge >= 0.3 is 0 Å². The first-order valence-electron chi connectivity index (χ1n) is 13.8. The predicted molar refractivity (Wildman–Crippen MR) is 162 cm³/mol. The Balaban J connectivity index is 1.74. The lowest BCUT2D eigenvalue weighted by molar-refractivity contribution is -0.139. The summed E-state index contributed by atoms with van der Waals surface area (Å²) in [6, 6.07) is 18.7. The highest BCUT2D eigenvalue weighted by molar-refractivity contribution is 7.92. The molecule has 0 heterocycles. The van der Waals surface area contributed by atoms with Crippen molar-refractivity contribution in [3.05, 3.63) is 83.4 Å². The number of carbonyl (C=O) groups excluding carboxylic acids is 2. The minimum atomic E-state index is -4.25. The molecule has 2 amide bonds. The Morgan fingerprint density at radius 3 is 2.26 bits per heavy atom. The number of amides is 2. The molecule has 1 fully saturated rings. The van der Waals surface area contributed by atoms with Crippen LogP contribution in [0.1, 0.15) is 38.2 Å². The van der Waals surface area contributed by atoms with E-state index in [1.807, 2.05) is 0 Å². The van der Waals surface area contributed by atoms with Crippen LogP contribution in [0.25, 0.3) is 0 Å². The maximum atomic E-state index is 14.2. The third kappa shape index (κ3) is 7.35. The third-order valence-corrected chi connectivity index (χ3v) is 9.43. The van der Waals surface area contributed by atoms with Crippen LogP contribution in [0.2, 0.25) is 5.02 Å². The molecule has 0 bridgehead atoms. The fourth-order valence-electron chi connectivity index (χ4n) is 4.99. The highest BCUT2D eigenvalue weighted by Crippen LogP contribution is 2.36. The number of ether oxygens (including phenoxy) is 2. The zero-order valence-electron chi connectivity index (χ0n) is 24.0. The van der Waals surface area contributed by atoms with Crippen molar-refractivity contribution in [2.45, 2.75) is 56.1 Å². The smallest absolute Gasteiger partial charge is 0.264 e. The van der Waals surface area contributed by atoms with Gasteiger partial charge in [-0.15, -0.1) is 0 Å². The van der Waals surface area contributed by atoms with Crippen LogP contribution in [-0.2, 0) is 26.2 Å². The molecular weight excluding hydrogens is 578 g/mol. The summed E-state index contributed by atoms with van der Waals surface area (Å²) in [6.07, 6.45) is 3.87. The van der Waals surface area contributed by atoms with Gasteiger partial charge in [0.1, 0.15) is 24.1 Å².